The predicted octanol–water partition coefficient (Wildman–Crippen LogP) is 3.72. The van der Waals surface area contributed by atoms with Crippen LogP contribution in [0.3, 0.4) is 0 Å². The highest BCUT2D eigenvalue weighted by Gasteiger charge is 2.33. The standard InChI is InChI=1S/C15H18O/c1-3-12-9-14(11(2)16)15(10-12)13-7-5-4-6-8-13/h3-8,14-15H,9-10H2,1-2H3/b12-3-/t14-,15-/m1/s1. The van der Waals surface area contributed by atoms with Crippen molar-refractivity contribution in [1.82, 2.24) is 0 Å². The topological polar surface area (TPSA) is 17.1 Å². The van der Waals surface area contributed by atoms with Crippen LogP contribution < -0.4 is 0 Å². The molecule has 0 aliphatic heterocycles. The molecule has 1 heteroatoms. The van der Waals surface area contributed by atoms with Crippen LogP contribution >= 0.6 is 0 Å². The molecule has 0 spiro atoms. The number of rotatable bonds is 2. The van der Waals surface area contributed by atoms with Crippen molar-refractivity contribution in [2.75, 3.05) is 0 Å². The van der Waals surface area contributed by atoms with E-state index in [1.807, 2.05) is 6.07 Å². The molecule has 0 N–H and O–H groups in total. The molecular formula is C15H18O. The zero-order valence-corrected chi connectivity index (χ0v) is 9.94. The summed E-state index contributed by atoms with van der Waals surface area (Å²) in [5.74, 6) is 0.907. The van der Waals surface area contributed by atoms with Crippen molar-refractivity contribution in [2.24, 2.45) is 5.92 Å². The van der Waals surface area contributed by atoms with Crippen LogP contribution in [0.2, 0.25) is 0 Å². The van der Waals surface area contributed by atoms with E-state index in [9.17, 15) is 4.79 Å². The lowest BCUT2D eigenvalue weighted by Crippen LogP contribution is -2.14. The number of hydrogen-bond acceptors (Lipinski definition) is 1. The Bertz CT molecular complexity index is 403. The van der Waals surface area contributed by atoms with Crippen LogP contribution in [0.5, 0.6) is 0 Å². The molecule has 2 rings (SSSR count). The summed E-state index contributed by atoms with van der Waals surface area (Å²) in [6.45, 7) is 3.79. The predicted molar refractivity (Wildman–Crippen MR) is 66.3 cm³/mol. The molecule has 2 atom stereocenters. The molecule has 1 fully saturated rings. The first-order valence-corrected chi connectivity index (χ1v) is 5.92. The van der Waals surface area contributed by atoms with Gasteiger partial charge in [0.05, 0.1) is 0 Å². The van der Waals surface area contributed by atoms with Gasteiger partial charge in [0.15, 0.2) is 0 Å². The van der Waals surface area contributed by atoms with E-state index < -0.39 is 0 Å². The minimum atomic E-state index is 0.189. The van der Waals surface area contributed by atoms with Gasteiger partial charge < -0.3 is 0 Å². The normalized spacial score (nSPS) is 27.2. The maximum absolute atomic E-state index is 11.7. The Morgan fingerprint density at radius 3 is 2.50 bits per heavy atom. The third-order valence-corrected chi connectivity index (χ3v) is 3.61. The van der Waals surface area contributed by atoms with Gasteiger partial charge in [-0.15, -0.1) is 0 Å². The molecular weight excluding hydrogens is 196 g/mol. The van der Waals surface area contributed by atoms with Crippen molar-refractivity contribution >= 4 is 5.78 Å². The van der Waals surface area contributed by atoms with Crippen molar-refractivity contribution in [2.45, 2.75) is 32.6 Å². The van der Waals surface area contributed by atoms with Gasteiger partial charge in [-0.3, -0.25) is 4.79 Å². The average Bonchev–Trinajstić information content (AvgIpc) is 2.74. The molecule has 0 bridgehead atoms. The van der Waals surface area contributed by atoms with Gasteiger partial charge in [0, 0.05) is 5.92 Å². The lowest BCUT2D eigenvalue weighted by Gasteiger charge is -2.16. The van der Waals surface area contributed by atoms with Crippen LogP contribution in [0.1, 0.15) is 38.2 Å². The van der Waals surface area contributed by atoms with E-state index in [-0.39, 0.29) is 5.92 Å². The number of carbonyl (C=O) groups is 1. The Balaban J connectivity index is 2.29. The summed E-state index contributed by atoms with van der Waals surface area (Å²) in [5.41, 5.74) is 2.73. The van der Waals surface area contributed by atoms with Crippen LogP contribution in [-0.2, 0) is 4.79 Å². The lowest BCUT2D eigenvalue weighted by molar-refractivity contribution is -0.120. The summed E-state index contributed by atoms with van der Waals surface area (Å²) in [5, 5.41) is 0. The Morgan fingerprint density at radius 2 is 1.94 bits per heavy atom. The molecule has 1 aliphatic carbocycles. The van der Waals surface area contributed by atoms with Gasteiger partial charge in [-0.05, 0) is 38.2 Å². The summed E-state index contributed by atoms with van der Waals surface area (Å²) < 4.78 is 0. The lowest BCUT2D eigenvalue weighted by atomic mass is 9.87. The molecule has 0 radical (unpaired) electrons. The summed E-state index contributed by atoms with van der Waals surface area (Å²) in [7, 11) is 0. The summed E-state index contributed by atoms with van der Waals surface area (Å²) in [6.07, 6.45) is 4.16. The minimum Gasteiger partial charge on any atom is -0.300 e. The molecule has 0 amide bonds. The number of hydrogen-bond donors (Lipinski definition) is 0. The fraction of sp³-hybridized carbons (Fsp3) is 0.400. The molecule has 1 saturated carbocycles. The van der Waals surface area contributed by atoms with Crippen molar-refractivity contribution in [3.63, 3.8) is 0 Å². The van der Waals surface area contributed by atoms with Gasteiger partial charge in [-0.2, -0.15) is 0 Å². The van der Waals surface area contributed by atoms with Gasteiger partial charge in [0.2, 0.25) is 0 Å². The zero-order valence-electron chi connectivity index (χ0n) is 9.94. The summed E-state index contributed by atoms with van der Waals surface area (Å²) in [6, 6.07) is 10.4. The first-order valence-electron chi connectivity index (χ1n) is 5.92. The van der Waals surface area contributed by atoms with E-state index in [0.717, 1.165) is 12.8 Å². The van der Waals surface area contributed by atoms with Crippen LogP contribution in [0.25, 0.3) is 0 Å². The molecule has 1 aromatic rings. The van der Waals surface area contributed by atoms with Gasteiger partial charge in [0.1, 0.15) is 5.78 Å². The van der Waals surface area contributed by atoms with Crippen molar-refractivity contribution in [3.05, 3.63) is 47.5 Å². The van der Waals surface area contributed by atoms with Crippen LogP contribution in [-0.4, -0.2) is 5.78 Å². The number of Topliss-reactive ketones (excluding diaryl/α,β-unsaturated/α-hetero) is 1. The monoisotopic (exact) mass is 214 g/mol. The van der Waals surface area contributed by atoms with E-state index in [1.165, 1.54) is 11.1 Å². The summed E-state index contributed by atoms with van der Waals surface area (Å²) >= 11 is 0. The van der Waals surface area contributed by atoms with Crippen molar-refractivity contribution in [3.8, 4) is 0 Å². The molecule has 1 aliphatic rings. The Kier molecular flexibility index (Phi) is 3.23. The number of allylic oxidation sites excluding steroid dienone is 2. The van der Waals surface area contributed by atoms with Crippen LogP contribution in [0.15, 0.2) is 42.0 Å². The van der Waals surface area contributed by atoms with Gasteiger partial charge in [-0.1, -0.05) is 42.0 Å². The highest BCUT2D eigenvalue weighted by Crippen LogP contribution is 2.43. The smallest absolute Gasteiger partial charge is 0.133 e. The third-order valence-electron chi connectivity index (χ3n) is 3.61. The van der Waals surface area contributed by atoms with Gasteiger partial charge >= 0.3 is 0 Å². The van der Waals surface area contributed by atoms with E-state index in [2.05, 4.69) is 37.3 Å². The first-order chi connectivity index (χ1) is 7.72. The van der Waals surface area contributed by atoms with Gasteiger partial charge in [-0.25, -0.2) is 0 Å². The molecule has 0 aromatic heterocycles. The fourth-order valence-corrected chi connectivity index (χ4v) is 2.65. The second kappa shape index (κ2) is 4.65. The molecule has 0 unspecified atom stereocenters. The molecule has 1 nitrogen and oxygen atoms in total. The molecule has 1 aromatic carbocycles. The Hall–Kier alpha value is -1.37. The second-order valence-electron chi connectivity index (χ2n) is 4.59. The van der Waals surface area contributed by atoms with E-state index in [1.54, 1.807) is 6.92 Å². The first kappa shape index (κ1) is 11.1. The number of ketones is 1. The largest absolute Gasteiger partial charge is 0.300 e. The molecule has 0 saturated heterocycles. The number of benzene rings is 1. The Labute approximate surface area is 97.2 Å². The van der Waals surface area contributed by atoms with Crippen LogP contribution in [0.4, 0.5) is 0 Å². The van der Waals surface area contributed by atoms with Crippen molar-refractivity contribution < 1.29 is 4.79 Å². The fourth-order valence-electron chi connectivity index (χ4n) is 2.65. The zero-order chi connectivity index (χ0) is 11.5. The quantitative estimate of drug-likeness (QED) is 0.686. The second-order valence-corrected chi connectivity index (χ2v) is 4.59. The highest BCUT2D eigenvalue weighted by atomic mass is 16.1. The Morgan fingerprint density at radius 1 is 1.25 bits per heavy atom. The maximum Gasteiger partial charge on any atom is 0.133 e. The molecule has 84 valence electrons. The molecule has 16 heavy (non-hydrogen) atoms. The average molecular weight is 214 g/mol. The SMILES string of the molecule is C/C=C1/C[C@H](C(C)=O)[C@@H](c2ccccc2)C1. The van der Waals surface area contributed by atoms with E-state index >= 15 is 0 Å². The van der Waals surface area contributed by atoms with Crippen LogP contribution in [0, 0.1) is 5.92 Å². The molecule has 0 heterocycles. The van der Waals surface area contributed by atoms with Gasteiger partial charge in [0.25, 0.3) is 0 Å². The third kappa shape index (κ3) is 2.08. The van der Waals surface area contributed by atoms with E-state index in [0.29, 0.717) is 11.7 Å². The highest BCUT2D eigenvalue weighted by molar-refractivity contribution is 5.80. The van der Waals surface area contributed by atoms with E-state index in [4.69, 9.17) is 0 Å². The minimum absolute atomic E-state index is 0.189. The van der Waals surface area contributed by atoms with Crippen molar-refractivity contribution in [1.29, 1.82) is 0 Å². The maximum atomic E-state index is 11.7. The number of carbonyl (C=O) groups excluding carboxylic acids is 1. The summed E-state index contributed by atoms with van der Waals surface area (Å²) in [4.78, 5) is 11.7.